The Morgan fingerprint density at radius 1 is 1.48 bits per heavy atom. The lowest BCUT2D eigenvalue weighted by atomic mass is 10.2. The van der Waals surface area contributed by atoms with Gasteiger partial charge in [-0.05, 0) is 40.7 Å². The van der Waals surface area contributed by atoms with Gasteiger partial charge in [0.1, 0.15) is 18.4 Å². The molecule has 1 aromatic rings. The second-order valence-corrected chi connectivity index (χ2v) is 14.9. The highest BCUT2D eigenvalue weighted by molar-refractivity contribution is 14.1. The third-order valence-electron chi connectivity index (χ3n) is 5.38. The van der Waals surface area contributed by atoms with E-state index in [-0.39, 0.29) is 17.2 Å². The van der Waals surface area contributed by atoms with Crippen molar-refractivity contribution < 1.29 is 14.0 Å². The number of aliphatic imine (C=N–C) groups is 1. The number of hydrogen-bond donors (Lipinski definition) is 1. The molecule has 1 saturated heterocycles. The summed E-state index contributed by atoms with van der Waals surface area (Å²) in [6, 6.07) is 0. The van der Waals surface area contributed by atoms with Gasteiger partial charge >= 0.3 is 5.69 Å². The van der Waals surface area contributed by atoms with E-state index in [1.807, 2.05) is 14.1 Å². The van der Waals surface area contributed by atoms with E-state index in [0.717, 1.165) is 3.57 Å². The van der Waals surface area contributed by atoms with Gasteiger partial charge < -0.3 is 14.1 Å². The van der Waals surface area contributed by atoms with Gasteiger partial charge in [0.05, 0.1) is 16.5 Å². The van der Waals surface area contributed by atoms with Gasteiger partial charge in [0, 0.05) is 26.7 Å². The molecule has 0 aliphatic carbocycles. The molecule has 0 amide bonds. The molecule has 1 fully saturated rings. The van der Waals surface area contributed by atoms with Crippen molar-refractivity contribution in [3.8, 4) is 0 Å². The third kappa shape index (κ3) is 6.07. The zero-order valence-electron chi connectivity index (χ0n) is 18.2. The molecule has 164 valence electrons. The van der Waals surface area contributed by atoms with Crippen molar-refractivity contribution in [1.29, 1.82) is 0 Å². The van der Waals surface area contributed by atoms with Gasteiger partial charge in [-0.15, -0.1) is 0 Å². The molecule has 0 saturated carbocycles. The number of rotatable bonds is 7. The molecule has 0 spiro atoms. The summed E-state index contributed by atoms with van der Waals surface area (Å²) in [4.78, 5) is 27.8. The zero-order valence-corrected chi connectivity index (χ0v) is 21.3. The Morgan fingerprint density at radius 3 is 2.69 bits per heavy atom. The molecule has 1 aromatic heterocycles. The number of halogens is 1. The molecule has 1 aliphatic heterocycles. The molecule has 0 unspecified atom stereocenters. The number of nitrogens with zero attached hydrogens (tertiary/aromatic N) is 4. The van der Waals surface area contributed by atoms with Crippen molar-refractivity contribution >= 4 is 43.1 Å². The summed E-state index contributed by atoms with van der Waals surface area (Å²) in [6.45, 7) is 11.3. The minimum absolute atomic E-state index is 0.0873. The molecule has 1 aliphatic rings. The molecule has 2 rings (SSSR count). The predicted molar refractivity (Wildman–Crippen MR) is 124 cm³/mol. The summed E-state index contributed by atoms with van der Waals surface area (Å²) < 4.78 is 14.6. The standard InChI is InChI=1S/C18H32IN5O4Si/c1-18(2,3)29(6,7)26-10-14-13(28-20)8-15(27-14)24-9-12(19)16(22-17(24)25)21-11-23(4)5/h9,11,13-15H,8,10,20H2,1-7H3/b21-11+/t13-,14-,15-/m1/s1. The molecule has 9 nitrogen and oxygen atoms in total. The summed E-state index contributed by atoms with van der Waals surface area (Å²) in [7, 11) is 1.76. The van der Waals surface area contributed by atoms with Crippen molar-refractivity contribution in [2.45, 2.75) is 63.8 Å². The molecule has 2 N–H and O–H groups in total. The van der Waals surface area contributed by atoms with Crippen LogP contribution in [0.1, 0.15) is 33.4 Å². The van der Waals surface area contributed by atoms with Crippen LogP contribution in [-0.4, -0.2) is 62.0 Å². The minimum Gasteiger partial charge on any atom is -0.414 e. The lowest BCUT2D eigenvalue weighted by Crippen LogP contribution is -2.44. The first-order chi connectivity index (χ1) is 13.4. The van der Waals surface area contributed by atoms with Gasteiger partial charge in [-0.1, -0.05) is 20.8 Å². The largest absolute Gasteiger partial charge is 0.414 e. The van der Waals surface area contributed by atoms with Crippen LogP contribution in [0, 0.1) is 3.57 Å². The van der Waals surface area contributed by atoms with E-state index in [0.29, 0.717) is 18.8 Å². The van der Waals surface area contributed by atoms with Gasteiger partial charge in [0.15, 0.2) is 14.1 Å². The van der Waals surface area contributed by atoms with Crippen LogP contribution in [0.25, 0.3) is 0 Å². The quantitative estimate of drug-likeness (QED) is 0.188. The molecule has 11 heteroatoms. The molecular weight excluding hydrogens is 505 g/mol. The maximum atomic E-state index is 12.6. The first-order valence-corrected chi connectivity index (χ1v) is 13.5. The van der Waals surface area contributed by atoms with Crippen LogP contribution in [0.3, 0.4) is 0 Å². The molecule has 0 radical (unpaired) electrons. The molecule has 0 bridgehead atoms. The van der Waals surface area contributed by atoms with Crippen molar-refractivity contribution in [2.75, 3.05) is 20.7 Å². The van der Waals surface area contributed by atoms with Crippen LogP contribution in [0.2, 0.25) is 18.1 Å². The predicted octanol–water partition coefficient (Wildman–Crippen LogP) is 2.64. The van der Waals surface area contributed by atoms with Crippen LogP contribution < -0.4 is 11.6 Å². The van der Waals surface area contributed by atoms with Crippen molar-refractivity contribution in [3.63, 3.8) is 0 Å². The fourth-order valence-corrected chi connectivity index (χ4v) is 4.15. The van der Waals surface area contributed by atoms with Gasteiger partial charge in [-0.25, -0.2) is 15.7 Å². The Kier molecular flexibility index (Phi) is 8.01. The Labute approximate surface area is 186 Å². The Hall–Kier alpha value is -0.863. The third-order valence-corrected chi connectivity index (χ3v) is 10.6. The van der Waals surface area contributed by atoms with Gasteiger partial charge in [-0.3, -0.25) is 9.40 Å². The first-order valence-electron chi connectivity index (χ1n) is 9.50. The van der Waals surface area contributed by atoms with E-state index in [1.165, 1.54) is 4.57 Å². The van der Waals surface area contributed by atoms with E-state index in [9.17, 15) is 4.79 Å². The van der Waals surface area contributed by atoms with Crippen LogP contribution in [0.15, 0.2) is 16.0 Å². The topological polar surface area (TPSA) is 104 Å². The number of ether oxygens (including phenoxy) is 1. The smallest absolute Gasteiger partial charge is 0.351 e. The first kappa shape index (κ1) is 24.4. The highest BCUT2D eigenvalue weighted by Gasteiger charge is 2.42. The minimum atomic E-state index is -1.94. The summed E-state index contributed by atoms with van der Waals surface area (Å²) in [6.07, 6.45) is 2.52. The van der Waals surface area contributed by atoms with Crippen molar-refractivity contribution in [2.24, 2.45) is 10.9 Å². The second kappa shape index (κ2) is 9.52. The van der Waals surface area contributed by atoms with E-state index < -0.39 is 20.2 Å². The fraction of sp³-hybridized carbons (Fsp3) is 0.722. The number of aromatic nitrogens is 2. The van der Waals surface area contributed by atoms with E-state index in [1.54, 1.807) is 17.4 Å². The summed E-state index contributed by atoms with van der Waals surface area (Å²) >= 11 is 2.11. The number of hydrogen-bond acceptors (Lipinski definition) is 7. The summed E-state index contributed by atoms with van der Waals surface area (Å²) in [5.74, 6) is 5.87. The van der Waals surface area contributed by atoms with Gasteiger partial charge in [0.2, 0.25) is 0 Å². The Morgan fingerprint density at radius 2 is 2.14 bits per heavy atom. The van der Waals surface area contributed by atoms with Gasteiger partial charge in [0.25, 0.3) is 0 Å². The second-order valence-electron chi connectivity index (χ2n) is 8.92. The highest BCUT2D eigenvalue weighted by Crippen LogP contribution is 2.38. The molecule has 0 aromatic carbocycles. The van der Waals surface area contributed by atoms with Crippen LogP contribution >= 0.6 is 22.6 Å². The van der Waals surface area contributed by atoms with Gasteiger partial charge in [-0.2, -0.15) is 4.98 Å². The summed E-state index contributed by atoms with van der Waals surface area (Å²) in [5.41, 5.74) is -0.428. The maximum Gasteiger partial charge on any atom is 0.351 e. The molecule has 29 heavy (non-hydrogen) atoms. The van der Waals surface area contributed by atoms with Crippen molar-refractivity contribution in [1.82, 2.24) is 14.5 Å². The molecule has 2 heterocycles. The van der Waals surface area contributed by atoms with E-state index in [2.05, 4.69) is 66.4 Å². The maximum absolute atomic E-state index is 12.6. The van der Waals surface area contributed by atoms with Crippen LogP contribution in [-0.2, 0) is 14.0 Å². The van der Waals surface area contributed by atoms with E-state index >= 15 is 0 Å². The SMILES string of the molecule is CN(C)/C=N/c1nc(=O)n([C@H]2C[C@@H](ON)[C@@H](CO[Si](C)(C)C(C)(C)C)O2)cc1I. The monoisotopic (exact) mass is 537 g/mol. The van der Waals surface area contributed by atoms with Crippen LogP contribution in [0.4, 0.5) is 5.82 Å². The normalized spacial score (nSPS) is 23.1. The Bertz CT molecular complexity index is 793. The molecule has 3 atom stereocenters. The zero-order chi connectivity index (χ0) is 22.0. The highest BCUT2D eigenvalue weighted by atomic mass is 127. The summed E-state index contributed by atoms with van der Waals surface area (Å²) in [5, 5.41) is 0.0873. The lowest BCUT2D eigenvalue weighted by Gasteiger charge is -2.37. The average Bonchev–Trinajstić information content (AvgIpc) is 3.02. The average molecular weight is 537 g/mol. The number of nitrogens with two attached hydrogens (primary N) is 1. The Balaban J connectivity index is 2.17. The lowest BCUT2D eigenvalue weighted by molar-refractivity contribution is -0.0605. The van der Waals surface area contributed by atoms with Crippen LogP contribution in [0.5, 0.6) is 0 Å². The van der Waals surface area contributed by atoms with Crippen molar-refractivity contribution in [3.05, 3.63) is 20.3 Å². The fourth-order valence-electron chi connectivity index (χ4n) is 2.58. The van der Waals surface area contributed by atoms with E-state index in [4.69, 9.17) is 19.9 Å². The molecular formula is C18H32IN5O4Si.